The van der Waals surface area contributed by atoms with Gasteiger partial charge in [-0.25, -0.2) is 0 Å². The molecule has 0 amide bonds. The van der Waals surface area contributed by atoms with E-state index in [2.05, 4.69) is 0 Å². The van der Waals surface area contributed by atoms with Crippen LogP contribution >= 0.6 is 0 Å². The summed E-state index contributed by atoms with van der Waals surface area (Å²) in [6.45, 7) is 1.85. The predicted octanol–water partition coefficient (Wildman–Crippen LogP) is 0.446. The van der Waals surface area contributed by atoms with Gasteiger partial charge in [-0.05, 0) is 13.0 Å². The van der Waals surface area contributed by atoms with Crippen LogP contribution in [0.15, 0.2) is 23.0 Å². The first kappa shape index (κ1) is 7.31. The standard InChI is InChI=1S/C7H11NO2/c1-7(9,5-8)6-2-3-10-4-6/h2-4,9H,5,8H2,1H3. The number of hydrogen-bond acceptors (Lipinski definition) is 3. The molecule has 0 saturated carbocycles. The molecule has 10 heavy (non-hydrogen) atoms. The Morgan fingerprint density at radius 1 is 1.80 bits per heavy atom. The molecule has 0 aliphatic rings. The molecule has 0 saturated heterocycles. The van der Waals surface area contributed by atoms with Crippen LogP contribution in [-0.2, 0) is 5.60 Å². The minimum Gasteiger partial charge on any atom is -0.472 e. The van der Waals surface area contributed by atoms with Crippen molar-refractivity contribution >= 4 is 0 Å². The monoisotopic (exact) mass is 141 g/mol. The summed E-state index contributed by atoms with van der Waals surface area (Å²) in [6.07, 6.45) is 3.01. The molecule has 0 radical (unpaired) electrons. The highest BCUT2D eigenvalue weighted by Crippen LogP contribution is 2.18. The van der Waals surface area contributed by atoms with Crippen molar-refractivity contribution in [2.24, 2.45) is 5.73 Å². The van der Waals surface area contributed by atoms with Crippen molar-refractivity contribution in [2.75, 3.05) is 6.54 Å². The summed E-state index contributed by atoms with van der Waals surface area (Å²) in [5.41, 5.74) is 5.07. The Balaban J connectivity index is 2.85. The lowest BCUT2D eigenvalue weighted by Gasteiger charge is -2.18. The predicted molar refractivity (Wildman–Crippen MR) is 37.3 cm³/mol. The second-order valence-electron chi connectivity index (χ2n) is 2.49. The summed E-state index contributed by atoms with van der Waals surface area (Å²) in [5.74, 6) is 0. The van der Waals surface area contributed by atoms with E-state index >= 15 is 0 Å². The molecular weight excluding hydrogens is 130 g/mol. The Labute approximate surface area is 59.5 Å². The van der Waals surface area contributed by atoms with Gasteiger partial charge in [-0.15, -0.1) is 0 Å². The summed E-state index contributed by atoms with van der Waals surface area (Å²) < 4.78 is 4.79. The van der Waals surface area contributed by atoms with E-state index in [9.17, 15) is 5.11 Å². The van der Waals surface area contributed by atoms with Crippen LogP contribution in [0.1, 0.15) is 12.5 Å². The number of nitrogens with two attached hydrogens (primary N) is 1. The quantitative estimate of drug-likeness (QED) is 0.628. The van der Waals surface area contributed by atoms with Gasteiger partial charge < -0.3 is 15.3 Å². The van der Waals surface area contributed by atoms with Gasteiger partial charge >= 0.3 is 0 Å². The minimum absolute atomic E-state index is 0.201. The zero-order valence-corrected chi connectivity index (χ0v) is 5.87. The van der Waals surface area contributed by atoms with Crippen molar-refractivity contribution in [2.45, 2.75) is 12.5 Å². The fraction of sp³-hybridized carbons (Fsp3) is 0.429. The van der Waals surface area contributed by atoms with E-state index in [0.29, 0.717) is 0 Å². The third-order valence-corrected chi connectivity index (χ3v) is 1.54. The Morgan fingerprint density at radius 3 is 2.90 bits per heavy atom. The average Bonchev–Trinajstić information content (AvgIpc) is 2.38. The summed E-state index contributed by atoms with van der Waals surface area (Å²) in [6, 6.07) is 1.70. The minimum atomic E-state index is -0.951. The topological polar surface area (TPSA) is 59.4 Å². The smallest absolute Gasteiger partial charge is 0.102 e. The molecule has 0 fully saturated rings. The Kier molecular flexibility index (Phi) is 1.78. The molecule has 56 valence electrons. The van der Waals surface area contributed by atoms with Crippen LogP contribution in [0.25, 0.3) is 0 Å². The molecular formula is C7H11NO2. The highest BCUT2D eigenvalue weighted by atomic mass is 16.3. The molecule has 0 bridgehead atoms. The molecule has 0 aliphatic carbocycles. The van der Waals surface area contributed by atoms with Crippen LogP contribution in [0, 0.1) is 0 Å². The van der Waals surface area contributed by atoms with E-state index < -0.39 is 5.60 Å². The largest absolute Gasteiger partial charge is 0.472 e. The first-order valence-electron chi connectivity index (χ1n) is 3.12. The van der Waals surface area contributed by atoms with Crippen molar-refractivity contribution in [1.29, 1.82) is 0 Å². The molecule has 3 heteroatoms. The van der Waals surface area contributed by atoms with E-state index in [1.165, 1.54) is 12.5 Å². The van der Waals surface area contributed by atoms with Gasteiger partial charge in [0.1, 0.15) is 5.60 Å². The normalized spacial score (nSPS) is 16.7. The molecule has 1 aromatic heterocycles. The lowest BCUT2D eigenvalue weighted by molar-refractivity contribution is 0.0662. The fourth-order valence-corrected chi connectivity index (χ4v) is 0.689. The molecule has 1 heterocycles. The van der Waals surface area contributed by atoms with Gasteiger partial charge in [-0.3, -0.25) is 0 Å². The zero-order valence-electron chi connectivity index (χ0n) is 5.87. The van der Waals surface area contributed by atoms with E-state index in [-0.39, 0.29) is 6.54 Å². The van der Waals surface area contributed by atoms with E-state index in [1.54, 1.807) is 13.0 Å². The van der Waals surface area contributed by atoms with Crippen molar-refractivity contribution in [3.05, 3.63) is 24.2 Å². The highest BCUT2D eigenvalue weighted by molar-refractivity contribution is 5.14. The number of rotatable bonds is 2. The van der Waals surface area contributed by atoms with Crippen molar-refractivity contribution in [3.8, 4) is 0 Å². The van der Waals surface area contributed by atoms with Crippen molar-refractivity contribution in [3.63, 3.8) is 0 Å². The maximum atomic E-state index is 9.50. The lowest BCUT2D eigenvalue weighted by atomic mass is 10.00. The number of furan rings is 1. The maximum absolute atomic E-state index is 9.50. The second kappa shape index (κ2) is 2.44. The lowest BCUT2D eigenvalue weighted by Crippen LogP contribution is -2.30. The number of aliphatic hydroxyl groups is 1. The summed E-state index contributed by atoms with van der Waals surface area (Å²) in [4.78, 5) is 0. The van der Waals surface area contributed by atoms with Crippen LogP contribution in [0.5, 0.6) is 0 Å². The Bertz CT molecular complexity index is 191. The van der Waals surface area contributed by atoms with Crippen LogP contribution in [0.3, 0.4) is 0 Å². The van der Waals surface area contributed by atoms with Gasteiger partial charge in [0.05, 0.1) is 12.5 Å². The molecule has 1 rings (SSSR count). The molecule has 1 aromatic rings. The van der Waals surface area contributed by atoms with Crippen molar-refractivity contribution in [1.82, 2.24) is 0 Å². The van der Waals surface area contributed by atoms with E-state index in [0.717, 1.165) is 5.56 Å². The van der Waals surface area contributed by atoms with Crippen LogP contribution in [-0.4, -0.2) is 11.7 Å². The summed E-state index contributed by atoms with van der Waals surface area (Å²) >= 11 is 0. The summed E-state index contributed by atoms with van der Waals surface area (Å²) in [5, 5.41) is 9.50. The molecule has 3 N–H and O–H groups in total. The molecule has 1 unspecified atom stereocenters. The Morgan fingerprint density at radius 2 is 2.50 bits per heavy atom. The third-order valence-electron chi connectivity index (χ3n) is 1.54. The molecule has 0 aromatic carbocycles. The van der Waals surface area contributed by atoms with Gasteiger partial charge in [0, 0.05) is 12.1 Å². The fourth-order valence-electron chi connectivity index (χ4n) is 0.689. The van der Waals surface area contributed by atoms with E-state index in [4.69, 9.17) is 10.2 Å². The van der Waals surface area contributed by atoms with Crippen LogP contribution in [0.4, 0.5) is 0 Å². The second-order valence-corrected chi connectivity index (χ2v) is 2.49. The summed E-state index contributed by atoms with van der Waals surface area (Å²) in [7, 11) is 0. The molecule has 3 nitrogen and oxygen atoms in total. The van der Waals surface area contributed by atoms with Gasteiger partial charge in [0.25, 0.3) is 0 Å². The van der Waals surface area contributed by atoms with Crippen LogP contribution in [0.2, 0.25) is 0 Å². The molecule has 1 atom stereocenters. The molecule has 0 spiro atoms. The van der Waals surface area contributed by atoms with Gasteiger partial charge in [-0.1, -0.05) is 0 Å². The van der Waals surface area contributed by atoms with Gasteiger partial charge in [0.2, 0.25) is 0 Å². The highest BCUT2D eigenvalue weighted by Gasteiger charge is 2.21. The maximum Gasteiger partial charge on any atom is 0.102 e. The third kappa shape index (κ3) is 1.20. The first-order chi connectivity index (χ1) is 4.67. The average molecular weight is 141 g/mol. The molecule has 0 aliphatic heterocycles. The van der Waals surface area contributed by atoms with Gasteiger partial charge in [0.15, 0.2) is 0 Å². The first-order valence-corrected chi connectivity index (χ1v) is 3.12. The number of hydrogen-bond donors (Lipinski definition) is 2. The Hall–Kier alpha value is -0.800. The van der Waals surface area contributed by atoms with Crippen LogP contribution < -0.4 is 5.73 Å². The zero-order chi connectivity index (χ0) is 7.61. The SMILES string of the molecule is CC(O)(CN)c1ccoc1. The van der Waals surface area contributed by atoms with Gasteiger partial charge in [-0.2, -0.15) is 0 Å². The van der Waals surface area contributed by atoms with E-state index in [1.807, 2.05) is 0 Å². The van der Waals surface area contributed by atoms with Crippen molar-refractivity contribution < 1.29 is 9.52 Å².